The summed E-state index contributed by atoms with van der Waals surface area (Å²) in [5, 5.41) is 10.9. The lowest BCUT2D eigenvalue weighted by atomic mass is 9.87. The van der Waals surface area contributed by atoms with Gasteiger partial charge in [-0.2, -0.15) is 4.98 Å². The highest BCUT2D eigenvalue weighted by molar-refractivity contribution is 5.47. The van der Waals surface area contributed by atoms with Gasteiger partial charge in [0.05, 0.1) is 17.5 Å². The zero-order valence-corrected chi connectivity index (χ0v) is 12.5. The third-order valence-electron chi connectivity index (χ3n) is 5.49. The summed E-state index contributed by atoms with van der Waals surface area (Å²) in [6.07, 6.45) is 6.15. The van der Waals surface area contributed by atoms with Crippen LogP contribution >= 0.6 is 0 Å². The van der Waals surface area contributed by atoms with Gasteiger partial charge >= 0.3 is 0 Å². The van der Waals surface area contributed by atoms with Gasteiger partial charge in [-0.1, -0.05) is 19.3 Å². The minimum Gasteiger partial charge on any atom is -0.368 e. The molecule has 2 saturated carbocycles. The fraction of sp³-hybridized carbons (Fsp3) is 0.733. The molecule has 0 unspecified atom stereocenters. The molecule has 2 heterocycles. The lowest BCUT2D eigenvalue weighted by molar-refractivity contribution is -0.501. The smallest absolute Gasteiger partial charge is 0.223 e. The van der Waals surface area contributed by atoms with Gasteiger partial charge in [-0.05, 0) is 12.8 Å². The summed E-state index contributed by atoms with van der Waals surface area (Å²) in [4.78, 5) is 21.7. The van der Waals surface area contributed by atoms with E-state index < -0.39 is 0 Å². The lowest BCUT2D eigenvalue weighted by Crippen LogP contribution is -2.29. The van der Waals surface area contributed by atoms with Gasteiger partial charge in [0.25, 0.3) is 0 Å². The van der Waals surface area contributed by atoms with Crippen LogP contribution in [0, 0.1) is 22.0 Å². The van der Waals surface area contributed by atoms with E-state index in [1.807, 2.05) is 0 Å². The third kappa shape index (κ3) is 2.28. The Morgan fingerprint density at radius 1 is 1.18 bits per heavy atom. The molecule has 0 aromatic carbocycles. The summed E-state index contributed by atoms with van der Waals surface area (Å²) >= 11 is 0. The number of hydrogen-bond acceptors (Lipinski definition) is 6. The van der Waals surface area contributed by atoms with Crippen LogP contribution in [0.4, 0.5) is 11.8 Å². The molecule has 4 rings (SSSR count). The fourth-order valence-corrected chi connectivity index (χ4v) is 4.24. The molecule has 0 radical (unpaired) electrons. The van der Waals surface area contributed by atoms with Crippen molar-refractivity contribution in [3.05, 3.63) is 21.9 Å². The lowest BCUT2D eigenvalue weighted by Gasteiger charge is -2.24. The van der Waals surface area contributed by atoms with E-state index in [2.05, 4.69) is 20.9 Å². The third-order valence-corrected chi connectivity index (χ3v) is 5.49. The summed E-state index contributed by atoms with van der Waals surface area (Å²) < 4.78 is 0. The maximum atomic E-state index is 10.9. The van der Waals surface area contributed by atoms with E-state index in [1.165, 1.54) is 32.1 Å². The normalized spacial score (nSPS) is 31.1. The van der Waals surface area contributed by atoms with E-state index in [1.54, 1.807) is 0 Å². The average Bonchev–Trinajstić information content (AvgIpc) is 3.03. The van der Waals surface area contributed by atoms with Crippen LogP contribution in [0.1, 0.15) is 43.7 Å². The summed E-state index contributed by atoms with van der Waals surface area (Å²) in [5.74, 6) is 2.03. The molecule has 0 spiro atoms. The first-order valence-electron chi connectivity index (χ1n) is 8.16. The van der Waals surface area contributed by atoms with Crippen LogP contribution in [0.15, 0.2) is 6.07 Å². The molecule has 0 bridgehead atoms. The van der Waals surface area contributed by atoms with E-state index in [-0.39, 0.29) is 22.8 Å². The predicted molar refractivity (Wildman–Crippen MR) is 82.2 cm³/mol. The summed E-state index contributed by atoms with van der Waals surface area (Å²) in [5.41, 5.74) is 6.95. The van der Waals surface area contributed by atoms with E-state index in [9.17, 15) is 10.1 Å². The quantitative estimate of drug-likeness (QED) is 0.675. The van der Waals surface area contributed by atoms with Crippen molar-refractivity contribution in [2.45, 2.75) is 44.1 Å². The molecule has 3 fully saturated rings. The summed E-state index contributed by atoms with van der Waals surface area (Å²) in [6.45, 7) is 1.44. The zero-order valence-electron chi connectivity index (χ0n) is 12.5. The van der Waals surface area contributed by atoms with Crippen molar-refractivity contribution in [2.24, 2.45) is 11.8 Å². The van der Waals surface area contributed by atoms with Crippen molar-refractivity contribution in [3.8, 4) is 0 Å². The van der Waals surface area contributed by atoms with Gasteiger partial charge in [0.1, 0.15) is 5.82 Å². The number of piperidine rings is 1. The first kappa shape index (κ1) is 13.7. The molecule has 7 heteroatoms. The summed E-state index contributed by atoms with van der Waals surface area (Å²) in [7, 11) is 0. The van der Waals surface area contributed by atoms with Crippen LogP contribution < -0.4 is 10.6 Å². The number of hydrogen-bond donors (Lipinski definition) is 1. The second-order valence-electron chi connectivity index (χ2n) is 6.85. The van der Waals surface area contributed by atoms with Crippen molar-refractivity contribution in [1.82, 2.24) is 9.97 Å². The average molecular weight is 303 g/mol. The summed E-state index contributed by atoms with van der Waals surface area (Å²) in [6, 6.07) is 1.71. The molecule has 1 saturated heterocycles. The standard InChI is InChI=1S/C15H21N5O2/c16-15-17-12(9-4-2-1-3-5-9)6-13(18-15)19-7-10-11(8-19)14(10)20(21)22/h6,9-11,14H,1-5,7-8H2,(H2,16,17,18)/t10-,11+,14-. The van der Waals surface area contributed by atoms with Gasteiger partial charge in [-0.15, -0.1) is 0 Å². The first-order valence-corrected chi connectivity index (χ1v) is 8.16. The molecule has 1 aliphatic heterocycles. The van der Waals surface area contributed by atoms with E-state index >= 15 is 0 Å². The fourth-order valence-electron chi connectivity index (χ4n) is 4.24. The van der Waals surface area contributed by atoms with Gasteiger partial charge in [0, 0.05) is 30.0 Å². The largest absolute Gasteiger partial charge is 0.368 e. The molecule has 3 atom stereocenters. The van der Waals surface area contributed by atoms with Crippen LogP contribution in [-0.4, -0.2) is 34.0 Å². The highest BCUT2D eigenvalue weighted by atomic mass is 16.6. The Balaban J connectivity index is 1.51. The monoisotopic (exact) mass is 303 g/mol. The second kappa shape index (κ2) is 5.07. The van der Waals surface area contributed by atoms with Crippen molar-refractivity contribution in [3.63, 3.8) is 0 Å². The molecule has 0 amide bonds. The Labute approximate surface area is 129 Å². The van der Waals surface area contributed by atoms with E-state index in [4.69, 9.17) is 5.73 Å². The molecular formula is C15H21N5O2. The molecule has 2 N–H and O–H groups in total. The number of nitrogens with two attached hydrogens (primary N) is 1. The van der Waals surface area contributed by atoms with Gasteiger partial charge in [0.15, 0.2) is 0 Å². The Hall–Kier alpha value is -1.92. The topological polar surface area (TPSA) is 98.2 Å². The predicted octanol–water partition coefficient (Wildman–Crippen LogP) is 1.82. The number of fused-ring (bicyclic) bond motifs is 1. The van der Waals surface area contributed by atoms with E-state index in [0.717, 1.165) is 24.6 Å². The van der Waals surface area contributed by atoms with Gasteiger partial charge < -0.3 is 10.6 Å². The Morgan fingerprint density at radius 2 is 1.86 bits per heavy atom. The zero-order chi connectivity index (χ0) is 15.3. The highest BCUT2D eigenvalue weighted by Crippen LogP contribution is 2.48. The van der Waals surface area contributed by atoms with Crippen molar-refractivity contribution in [2.75, 3.05) is 23.7 Å². The minimum atomic E-state index is -0.340. The van der Waals surface area contributed by atoms with Gasteiger partial charge in [-0.25, -0.2) is 4.98 Å². The minimum absolute atomic E-state index is 0.130. The van der Waals surface area contributed by atoms with Gasteiger partial charge in [-0.3, -0.25) is 10.1 Å². The number of rotatable bonds is 3. The molecular weight excluding hydrogens is 282 g/mol. The molecule has 1 aromatic heterocycles. The van der Waals surface area contributed by atoms with Gasteiger partial charge in [0.2, 0.25) is 12.0 Å². The van der Waals surface area contributed by atoms with Crippen LogP contribution in [0.2, 0.25) is 0 Å². The maximum Gasteiger partial charge on any atom is 0.223 e. The molecule has 7 nitrogen and oxygen atoms in total. The molecule has 118 valence electrons. The van der Waals surface area contributed by atoms with Crippen molar-refractivity contribution < 1.29 is 4.92 Å². The Bertz CT molecular complexity index is 590. The molecule has 1 aromatic rings. The van der Waals surface area contributed by atoms with Crippen molar-refractivity contribution in [1.29, 1.82) is 0 Å². The molecule has 22 heavy (non-hydrogen) atoms. The molecule has 3 aliphatic rings. The second-order valence-corrected chi connectivity index (χ2v) is 6.85. The number of anilines is 2. The highest BCUT2D eigenvalue weighted by Gasteiger charge is 2.65. The molecule has 2 aliphatic carbocycles. The van der Waals surface area contributed by atoms with Crippen LogP contribution in [0.5, 0.6) is 0 Å². The van der Waals surface area contributed by atoms with Crippen molar-refractivity contribution >= 4 is 11.8 Å². The number of nitrogens with zero attached hydrogens (tertiary/aromatic N) is 4. The first-order chi connectivity index (χ1) is 10.6. The van der Waals surface area contributed by atoms with E-state index in [0.29, 0.717) is 11.9 Å². The number of aromatic nitrogens is 2. The Kier molecular flexibility index (Phi) is 3.16. The van der Waals surface area contributed by atoms with Crippen LogP contribution in [0.25, 0.3) is 0 Å². The maximum absolute atomic E-state index is 10.9. The SMILES string of the molecule is Nc1nc(C2CCCCC2)cc(N2C[C@@H]3[C@H](C2)[C@@H]3[N+](=O)[O-])n1. The number of nitro groups is 1. The van der Waals surface area contributed by atoms with Crippen LogP contribution in [0.3, 0.4) is 0 Å². The number of nitrogen functional groups attached to an aromatic ring is 1. The Morgan fingerprint density at radius 3 is 2.50 bits per heavy atom. The van der Waals surface area contributed by atoms with Crippen LogP contribution in [-0.2, 0) is 0 Å².